The van der Waals surface area contributed by atoms with E-state index in [1.807, 2.05) is 37.3 Å². The first-order chi connectivity index (χ1) is 10.8. The smallest absolute Gasteiger partial charge is 0.208 e. The number of hydrogen-bond acceptors (Lipinski definition) is 2. The van der Waals surface area contributed by atoms with E-state index in [0.717, 1.165) is 18.4 Å². The Morgan fingerprint density at radius 2 is 1.74 bits per heavy atom. The van der Waals surface area contributed by atoms with Gasteiger partial charge in [0.25, 0.3) is 0 Å². The van der Waals surface area contributed by atoms with Crippen molar-refractivity contribution in [3.63, 3.8) is 0 Å². The topological polar surface area (TPSA) is 46.2 Å². The lowest BCUT2D eigenvalue weighted by Gasteiger charge is -2.16. The molecule has 0 fully saturated rings. The van der Waals surface area contributed by atoms with Crippen molar-refractivity contribution in [3.05, 3.63) is 64.2 Å². The molecule has 2 aromatic rings. The number of halogens is 1. The van der Waals surface area contributed by atoms with E-state index in [4.69, 9.17) is 11.6 Å². The van der Waals surface area contributed by atoms with E-state index in [1.54, 1.807) is 26.0 Å². The number of rotatable bonds is 6. The molecule has 1 unspecified atom stereocenters. The summed E-state index contributed by atoms with van der Waals surface area (Å²) in [5.74, 6) is 0. The Labute approximate surface area is 143 Å². The number of hydrogen-bond donors (Lipinski definition) is 1. The minimum absolute atomic E-state index is 0.143. The van der Waals surface area contributed by atoms with Gasteiger partial charge in [0, 0.05) is 11.1 Å². The highest BCUT2D eigenvalue weighted by molar-refractivity contribution is 7.89. The Balaban J connectivity index is 2.07. The van der Waals surface area contributed by atoms with Gasteiger partial charge < -0.3 is 0 Å². The van der Waals surface area contributed by atoms with Gasteiger partial charge in [0.05, 0.1) is 4.90 Å². The highest BCUT2D eigenvalue weighted by atomic mass is 35.5. The Morgan fingerprint density at radius 3 is 2.39 bits per heavy atom. The van der Waals surface area contributed by atoms with Gasteiger partial charge in [0.1, 0.15) is 0 Å². The van der Waals surface area contributed by atoms with Crippen molar-refractivity contribution in [2.24, 2.45) is 0 Å². The molecule has 5 heteroatoms. The van der Waals surface area contributed by atoms with Crippen LogP contribution in [0.15, 0.2) is 47.4 Å². The van der Waals surface area contributed by atoms with Gasteiger partial charge in [-0.05, 0) is 62.4 Å². The molecule has 124 valence electrons. The average molecular weight is 352 g/mol. The van der Waals surface area contributed by atoms with Crippen molar-refractivity contribution in [2.45, 2.75) is 44.6 Å². The zero-order chi connectivity index (χ0) is 17.0. The van der Waals surface area contributed by atoms with E-state index >= 15 is 0 Å². The van der Waals surface area contributed by atoms with Crippen LogP contribution in [0.25, 0.3) is 0 Å². The molecule has 2 aromatic carbocycles. The van der Waals surface area contributed by atoms with Gasteiger partial charge in [-0.2, -0.15) is 0 Å². The Hall–Kier alpha value is -1.36. The van der Waals surface area contributed by atoms with Crippen molar-refractivity contribution in [2.75, 3.05) is 0 Å². The molecule has 0 aliphatic heterocycles. The van der Waals surface area contributed by atoms with Crippen LogP contribution in [0.4, 0.5) is 0 Å². The van der Waals surface area contributed by atoms with Crippen molar-refractivity contribution < 1.29 is 8.42 Å². The molecular formula is C18H22ClNO2S. The molecule has 1 N–H and O–H groups in total. The van der Waals surface area contributed by atoms with Crippen molar-refractivity contribution in [1.29, 1.82) is 0 Å². The van der Waals surface area contributed by atoms with Crippen LogP contribution in [0.3, 0.4) is 0 Å². The maximum atomic E-state index is 12.6. The Kier molecular flexibility index (Phi) is 5.84. The number of benzene rings is 2. The minimum atomic E-state index is -3.54. The number of sulfonamides is 1. The molecule has 0 amide bonds. The standard InChI is InChI=1S/C18H22ClNO2S/c1-13-12-18(14(2)11-17(13)19)23(21,22)20-15(3)9-10-16-7-5-4-6-8-16/h4-8,11-12,15,20H,9-10H2,1-3H3. The Morgan fingerprint density at radius 1 is 1.09 bits per heavy atom. The van der Waals surface area contributed by atoms with Crippen LogP contribution in [0.5, 0.6) is 0 Å². The molecule has 2 rings (SSSR count). The van der Waals surface area contributed by atoms with E-state index < -0.39 is 10.0 Å². The van der Waals surface area contributed by atoms with Crippen molar-refractivity contribution in [1.82, 2.24) is 4.72 Å². The van der Waals surface area contributed by atoms with E-state index in [1.165, 1.54) is 5.56 Å². The fraction of sp³-hybridized carbons (Fsp3) is 0.333. The van der Waals surface area contributed by atoms with Crippen LogP contribution in [0.1, 0.15) is 30.0 Å². The molecule has 0 radical (unpaired) electrons. The van der Waals surface area contributed by atoms with Crippen LogP contribution in [-0.4, -0.2) is 14.5 Å². The predicted molar refractivity (Wildman–Crippen MR) is 95.5 cm³/mol. The molecule has 0 aliphatic rings. The predicted octanol–water partition coefficient (Wildman–Crippen LogP) is 4.26. The summed E-state index contributed by atoms with van der Waals surface area (Å²) in [5, 5.41) is 0.582. The molecule has 0 spiro atoms. The van der Waals surface area contributed by atoms with Crippen LogP contribution in [0, 0.1) is 13.8 Å². The SMILES string of the molecule is Cc1cc(S(=O)(=O)NC(C)CCc2ccccc2)c(C)cc1Cl. The molecule has 1 atom stereocenters. The molecule has 0 saturated carbocycles. The second kappa shape index (κ2) is 7.47. The van der Waals surface area contributed by atoms with Gasteiger partial charge in [-0.15, -0.1) is 0 Å². The van der Waals surface area contributed by atoms with E-state index in [-0.39, 0.29) is 6.04 Å². The fourth-order valence-electron chi connectivity index (χ4n) is 2.46. The second-order valence-corrected chi connectivity index (χ2v) is 8.00. The molecular weight excluding hydrogens is 330 g/mol. The molecule has 0 aliphatic carbocycles. The highest BCUT2D eigenvalue weighted by Gasteiger charge is 2.20. The maximum absolute atomic E-state index is 12.6. The number of aryl methyl sites for hydroxylation is 3. The Bertz CT molecular complexity index is 773. The molecule has 0 saturated heterocycles. The van der Waals surface area contributed by atoms with Crippen LogP contribution >= 0.6 is 11.6 Å². The summed E-state index contributed by atoms with van der Waals surface area (Å²) in [6, 6.07) is 13.2. The highest BCUT2D eigenvalue weighted by Crippen LogP contribution is 2.24. The molecule has 23 heavy (non-hydrogen) atoms. The first kappa shape index (κ1) is 18.0. The van der Waals surface area contributed by atoms with Gasteiger partial charge in [-0.1, -0.05) is 41.9 Å². The third-order valence-electron chi connectivity index (χ3n) is 3.81. The monoisotopic (exact) mass is 351 g/mol. The fourth-order valence-corrected chi connectivity index (χ4v) is 4.27. The third kappa shape index (κ3) is 4.80. The summed E-state index contributed by atoms with van der Waals surface area (Å²) in [6.07, 6.45) is 1.58. The van der Waals surface area contributed by atoms with Crippen molar-refractivity contribution in [3.8, 4) is 0 Å². The van der Waals surface area contributed by atoms with Gasteiger partial charge >= 0.3 is 0 Å². The average Bonchev–Trinajstić information content (AvgIpc) is 2.49. The zero-order valence-electron chi connectivity index (χ0n) is 13.6. The third-order valence-corrected chi connectivity index (χ3v) is 5.95. The summed E-state index contributed by atoms with van der Waals surface area (Å²) in [5.41, 5.74) is 2.62. The largest absolute Gasteiger partial charge is 0.241 e. The van der Waals surface area contributed by atoms with E-state index in [9.17, 15) is 8.42 Å². The second-order valence-electron chi connectivity index (χ2n) is 5.91. The molecule has 3 nitrogen and oxygen atoms in total. The lowest BCUT2D eigenvalue weighted by Crippen LogP contribution is -2.33. The van der Waals surface area contributed by atoms with Crippen LogP contribution in [0.2, 0.25) is 5.02 Å². The summed E-state index contributed by atoms with van der Waals surface area (Å²) in [6.45, 7) is 5.45. The summed E-state index contributed by atoms with van der Waals surface area (Å²) >= 11 is 6.04. The van der Waals surface area contributed by atoms with E-state index in [0.29, 0.717) is 15.5 Å². The molecule has 0 aromatic heterocycles. The van der Waals surface area contributed by atoms with Crippen LogP contribution < -0.4 is 4.72 Å². The zero-order valence-corrected chi connectivity index (χ0v) is 15.2. The lowest BCUT2D eigenvalue weighted by atomic mass is 10.1. The summed E-state index contributed by atoms with van der Waals surface area (Å²) in [7, 11) is -3.54. The first-order valence-corrected chi connectivity index (χ1v) is 9.48. The maximum Gasteiger partial charge on any atom is 0.241 e. The van der Waals surface area contributed by atoms with Crippen LogP contribution in [-0.2, 0) is 16.4 Å². The lowest BCUT2D eigenvalue weighted by molar-refractivity contribution is 0.546. The van der Waals surface area contributed by atoms with Gasteiger partial charge in [-0.25, -0.2) is 13.1 Å². The van der Waals surface area contributed by atoms with Crippen molar-refractivity contribution >= 4 is 21.6 Å². The van der Waals surface area contributed by atoms with Gasteiger partial charge in [0.15, 0.2) is 0 Å². The number of nitrogens with one attached hydrogen (secondary N) is 1. The summed E-state index contributed by atoms with van der Waals surface area (Å²) < 4.78 is 27.9. The first-order valence-electron chi connectivity index (χ1n) is 7.62. The van der Waals surface area contributed by atoms with Gasteiger partial charge in [-0.3, -0.25) is 0 Å². The quantitative estimate of drug-likeness (QED) is 0.845. The molecule has 0 heterocycles. The van der Waals surface area contributed by atoms with E-state index in [2.05, 4.69) is 4.72 Å². The normalized spacial score (nSPS) is 13.0. The van der Waals surface area contributed by atoms with Gasteiger partial charge in [0.2, 0.25) is 10.0 Å². The minimum Gasteiger partial charge on any atom is -0.208 e. The summed E-state index contributed by atoms with van der Waals surface area (Å²) in [4.78, 5) is 0.297. The molecule has 0 bridgehead atoms.